The molecule has 2 heterocycles. The molecule has 3 heteroatoms. The fourth-order valence-electron chi connectivity index (χ4n) is 3.62. The van der Waals surface area contributed by atoms with E-state index in [1.54, 1.807) is 0 Å². The molecule has 0 unspecified atom stereocenters. The summed E-state index contributed by atoms with van der Waals surface area (Å²) in [5, 5.41) is 19.6. The fourth-order valence-corrected chi connectivity index (χ4v) is 3.62. The Morgan fingerprint density at radius 1 is 1.22 bits per heavy atom. The molecular formula is C15H20NO2+. The number of quaternary nitrogens is 1. The van der Waals surface area contributed by atoms with E-state index in [1.807, 2.05) is 6.07 Å². The quantitative estimate of drug-likeness (QED) is 0.618. The van der Waals surface area contributed by atoms with E-state index in [2.05, 4.69) is 30.3 Å². The Morgan fingerprint density at radius 3 is 2.72 bits per heavy atom. The van der Waals surface area contributed by atoms with Crippen molar-refractivity contribution in [2.75, 3.05) is 19.7 Å². The van der Waals surface area contributed by atoms with E-state index >= 15 is 0 Å². The van der Waals surface area contributed by atoms with Crippen LogP contribution in [-0.2, 0) is 6.54 Å². The molecule has 2 N–H and O–H groups in total. The van der Waals surface area contributed by atoms with Gasteiger partial charge in [0.2, 0.25) is 0 Å². The molecule has 0 spiro atoms. The number of hydrogen-bond acceptors (Lipinski definition) is 2. The van der Waals surface area contributed by atoms with E-state index in [9.17, 15) is 10.2 Å². The molecule has 0 amide bonds. The second-order valence-corrected chi connectivity index (χ2v) is 5.51. The van der Waals surface area contributed by atoms with Gasteiger partial charge in [-0.1, -0.05) is 30.3 Å². The van der Waals surface area contributed by atoms with Gasteiger partial charge in [-0.25, -0.2) is 0 Å². The molecular weight excluding hydrogens is 226 g/mol. The molecule has 1 aromatic carbocycles. The summed E-state index contributed by atoms with van der Waals surface area (Å²) in [6.07, 6.45) is 2.67. The number of aliphatic hydroxyl groups is 2. The topological polar surface area (TPSA) is 40.5 Å². The van der Waals surface area contributed by atoms with Crippen LogP contribution >= 0.6 is 0 Å². The third-order valence-corrected chi connectivity index (χ3v) is 4.44. The molecule has 1 saturated heterocycles. The molecule has 3 nitrogen and oxygen atoms in total. The zero-order valence-corrected chi connectivity index (χ0v) is 10.5. The minimum Gasteiger partial charge on any atom is -0.392 e. The Morgan fingerprint density at radius 2 is 2.00 bits per heavy atom. The van der Waals surface area contributed by atoms with Gasteiger partial charge in [-0.05, 0) is 6.08 Å². The van der Waals surface area contributed by atoms with Gasteiger partial charge in [0.25, 0.3) is 0 Å². The van der Waals surface area contributed by atoms with Crippen LogP contribution in [0.15, 0.2) is 42.0 Å². The number of rotatable bonds is 3. The molecule has 2 aliphatic rings. The highest BCUT2D eigenvalue weighted by molar-refractivity contribution is 5.20. The number of nitrogens with zero attached hydrogens (tertiary/aromatic N) is 1. The Labute approximate surface area is 108 Å². The SMILES string of the molecule is OCC1=CC[N@@+]2(Cc3ccccc3)CC[C@@H](O)[C@@H]12. The maximum absolute atomic E-state index is 10.2. The first-order valence-corrected chi connectivity index (χ1v) is 6.63. The molecule has 18 heavy (non-hydrogen) atoms. The first kappa shape index (κ1) is 11.9. The summed E-state index contributed by atoms with van der Waals surface area (Å²) in [5.74, 6) is 0. The van der Waals surface area contributed by atoms with Crippen molar-refractivity contribution in [3.8, 4) is 0 Å². The molecule has 0 bridgehead atoms. The second-order valence-electron chi connectivity index (χ2n) is 5.51. The predicted molar refractivity (Wildman–Crippen MR) is 69.7 cm³/mol. The van der Waals surface area contributed by atoms with Crippen molar-refractivity contribution in [2.24, 2.45) is 0 Å². The van der Waals surface area contributed by atoms with Crippen LogP contribution in [0.25, 0.3) is 0 Å². The Balaban J connectivity index is 1.87. The van der Waals surface area contributed by atoms with E-state index in [0.717, 1.165) is 36.1 Å². The molecule has 96 valence electrons. The molecule has 3 atom stereocenters. The highest BCUT2D eigenvalue weighted by atomic mass is 16.3. The summed E-state index contributed by atoms with van der Waals surface area (Å²) < 4.78 is 0.890. The van der Waals surface area contributed by atoms with Gasteiger partial charge in [0.05, 0.1) is 19.7 Å². The predicted octanol–water partition coefficient (Wildman–Crippen LogP) is 1.07. The maximum Gasteiger partial charge on any atom is 0.140 e. The summed E-state index contributed by atoms with van der Waals surface area (Å²) in [4.78, 5) is 0. The number of aliphatic hydroxyl groups excluding tert-OH is 2. The second kappa shape index (κ2) is 4.50. The van der Waals surface area contributed by atoms with Gasteiger partial charge in [-0.15, -0.1) is 0 Å². The van der Waals surface area contributed by atoms with Crippen LogP contribution in [-0.4, -0.2) is 46.5 Å². The van der Waals surface area contributed by atoms with Gasteiger partial charge >= 0.3 is 0 Å². The zero-order chi connectivity index (χ0) is 12.6. The van der Waals surface area contributed by atoms with Crippen LogP contribution in [0.3, 0.4) is 0 Å². The van der Waals surface area contributed by atoms with Gasteiger partial charge in [0, 0.05) is 17.6 Å². The highest BCUT2D eigenvalue weighted by Gasteiger charge is 2.51. The summed E-state index contributed by atoms with van der Waals surface area (Å²) in [6, 6.07) is 10.5. The largest absolute Gasteiger partial charge is 0.392 e. The van der Waals surface area contributed by atoms with E-state index in [4.69, 9.17) is 0 Å². The smallest absolute Gasteiger partial charge is 0.140 e. The number of fused-ring (bicyclic) bond motifs is 1. The van der Waals surface area contributed by atoms with Crippen molar-refractivity contribution < 1.29 is 14.7 Å². The molecule has 0 aromatic heterocycles. The molecule has 1 aromatic rings. The van der Waals surface area contributed by atoms with Gasteiger partial charge in [-0.2, -0.15) is 0 Å². The highest BCUT2D eigenvalue weighted by Crippen LogP contribution is 2.38. The molecule has 2 aliphatic heterocycles. The molecule has 0 aliphatic carbocycles. The van der Waals surface area contributed by atoms with Gasteiger partial charge < -0.3 is 14.7 Å². The lowest BCUT2D eigenvalue weighted by atomic mass is 10.0. The summed E-state index contributed by atoms with van der Waals surface area (Å²) in [5.41, 5.74) is 2.33. The molecule has 1 fully saturated rings. The van der Waals surface area contributed by atoms with Crippen molar-refractivity contribution >= 4 is 0 Å². The molecule has 0 saturated carbocycles. The number of benzene rings is 1. The first-order chi connectivity index (χ1) is 8.75. The van der Waals surface area contributed by atoms with Crippen molar-refractivity contribution in [1.29, 1.82) is 0 Å². The van der Waals surface area contributed by atoms with Gasteiger partial charge in [0.15, 0.2) is 0 Å². The lowest BCUT2D eigenvalue weighted by Gasteiger charge is -2.36. The van der Waals surface area contributed by atoms with Gasteiger partial charge in [-0.3, -0.25) is 0 Å². The zero-order valence-electron chi connectivity index (χ0n) is 10.5. The minimum absolute atomic E-state index is 0.0799. The summed E-state index contributed by atoms with van der Waals surface area (Å²) in [6.45, 7) is 2.96. The van der Waals surface area contributed by atoms with Crippen LogP contribution in [0.1, 0.15) is 12.0 Å². The van der Waals surface area contributed by atoms with Crippen LogP contribution in [0.4, 0.5) is 0 Å². The maximum atomic E-state index is 10.2. The average Bonchev–Trinajstić information content (AvgIpc) is 2.90. The fraction of sp³-hybridized carbons (Fsp3) is 0.467. The van der Waals surface area contributed by atoms with Crippen LogP contribution in [0, 0.1) is 0 Å². The third kappa shape index (κ3) is 1.79. The van der Waals surface area contributed by atoms with Crippen molar-refractivity contribution in [1.82, 2.24) is 0 Å². The van der Waals surface area contributed by atoms with Gasteiger partial charge in [0.1, 0.15) is 18.7 Å². The van der Waals surface area contributed by atoms with Crippen molar-refractivity contribution in [3.05, 3.63) is 47.5 Å². The first-order valence-electron chi connectivity index (χ1n) is 6.63. The third-order valence-electron chi connectivity index (χ3n) is 4.44. The Kier molecular flexibility index (Phi) is 2.98. The minimum atomic E-state index is -0.297. The normalized spacial score (nSPS) is 34.4. The number of hydrogen-bond donors (Lipinski definition) is 2. The van der Waals surface area contributed by atoms with Crippen LogP contribution in [0.5, 0.6) is 0 Å². The van der Waals surface area contributed by atoms with E-state index in [0.29, 0.717) is 0 Å². The Bertz CT molecular complexity index is 457. The van der Waals surface area contributed by atoms with Crippen LogP contribution < -0.4 is 0 Å². The average molecular weight is 246 g/mol. The molecule has 0 radical (unpaired) electrons. The molecule has 3 rings (SSSR count). The lowest BCUT2D eigenvalue weighted by Crippen LogP contribution is -2.51. The monoisotopic (exact) mass is 246 g/mol. The lowest BCUT2D eigenvalue weighted by molar-refractivity contribution is -0.938. The van der Waals surface area contributed by atoms with Crippen molar-refractivity contribution in [2.45, 2.75) is 25.1 Å². The van der Waals surface area contributed by atoms with E-state index in [1.165, 1.54) is 5.56 Å². The summed E-state index contributed by atoms with van der Waals surface area (Å²) >= 11 is 0. The van der Waals surface area contributed by atoms with E-state index in [-0.39, 0.29) is 18.8 Å². The summed E-state index contributed by atoms with van der Waals surface area (Å²) in [7, 11) is 0. The van der Waals surface area contributed by atoms with E-state index < -0.39 is 0 Å². The standard InChI is InChI=1S/C15H20NO2/c17-11-13-6-8-16(9-7-14(18)15(13)16)10-12-4-2-1-3-5-12/h1-6,14-15,17-18H,7-11H2/q+1/t14-,15-,16+/m1/s1. The Hall–Kier alpha value is -1.16. The van der Waals surface area contributed by atoms with Crippen LogP contribution in [0.2, 0.25) is 0 Å². The van der Waals surface area contributed by atoms with Crippen molar-refractivity contribution in [3.63, 3.8) is 0 Å².